The third-order valence-electron chi connectivity index (χ3n) is 2.22. The molecule has 0 N–H and O–H groups in total. The third-order valence-corrected chi connectivity index (χ3v) is 3.62. The van der Waals surface area contributed by atoms with Gasteiger partial charge in [-0.05, 0) is 18.2 Å². The number of thiophene rings is 1. The molecule has 68 valence electrons. The summed E-state index contributed by atoms with van der Waals surface area (Å²) >= 11 is 7.69. The second-order valence-electron chi connectivity index (χ2n) is 3.06. The zero-order valence-corrected chi connectivity index (χ0v) is 8.75. The number of halogens is 1. The molecule has 3 aromatic rings. The van der Waals surface area contributed by atoms with Crippen LogP contribution in [0.3, 0.4) is 0 Å². The van der Waals surface area contributed by atoms with Crippen molar-refractivity contribution in [1.82, 2.24) is 0 Å². The Kier molecular flexibility index (Phi) is 1.37. The van der Waals surface area contributed by atoms with Crippen molar-refractivity contribution in [3.05, 3.63) is 47.4 Å². The highest BCUT2D eigenvalue weighted by molar-refractivity contribution is 7.25. The minimum atomic E-state index is 0.259. The van der Waals surface area contributed by atoms with E-state index in [0.717, 1.165) is 20.2 Å². The van der Waals surface area contributed by atoms with Crippen molar-refractivity contribution in [1.29, 1.82) is 0 Å². The van der Waals surface area contributed by atoms with E-state index in [1.807, 2.05) is 24.3 Å². The van der Waals surface area contributed by atoms with Gasteiger partial charge in [0, 0.05) is 25.2 Å². The maximum atomic E-state index is 7.87. The summed E-state index contributed by atoms with van der Waals surface area (Å²) in [6.07, 6.45) is 0. The molecule has 2 heteroatoms. The summed E-state index contributed by atoms with van der Waals surface area (Å²) in [5.74, 6) is 0. The minimum Gasteiger partial charge on any atom is -0.135 e. The zero-order valence-electron chi connectivity index (χ0n) is 9.17. The van der Waals surface area contributed by atoms with Crippen LogP contribution in [0.25, 0.3) is 20.2 Å². The molecule has 0 atom stereocenters. The van der Waals surface area contributed by atoms with Gasteiger partial charge < -0.3 is 0 Å². The molecule has 0 unspecified atom stereocenters. The van der Waals surface area contributed by atoms with Gasteiger partial charge in [0.1, 0.15) is 0 Å². The van der Waals surface area contributed by atoms with Crippen molar-refractivity contribution in [3.8, 4) is 0 Å². The fourth-order valence-electron chi connectivity index (χ4n) is 1.61. The van der Waals surface area contributed by atoms with Crippen molar-refractivity contribution in [3.63, 3.8) is 0 Å². The van der Waals surface area contributed by atoms with E-state index in [1.54, 1.807) is 6.07 Å². The molecule has 0 aliphatic carbocycles. The van der Waals surface area contributed by atoms with Crippen molar-refractivity contribution >= 4 is 43.1 Å². The number of rotatable bonds is 0. The van der Waals surface area contributed by atoms with Gasteiger partial charge >= 0.3 is 0 Å². The van der Waals surface area contributed by atoms with Gasteiger partial charge in [0.05, 0.1) is 2.74 Å². The third kappa shape index (κ3) is 1.06. The predicted molar refractivity (Wildman–Crippen MR) is 64.3 cm³/mol. The Morgan fingerprint density at radius 1 is 1.14 bits per heavy atom. The molecular weight excluding hydrogens is 212 g/mol. The molecule has 0 radical (unpaired) electrons. The second-order valence-corrected chi connectivity index (χ2v) is 4.52. The van der Waals surface area contributed by atoms with Gasteiger partial charge in [-0.2, -0.15) is 0 Å². The van der Waals surface area contributed by atoms with Gasteiger partial charge in [0.15, 0.2) is 0 Å². The molecule has 0 saturated carbocycles. The lowest BCUT2D eigenvalue weighted by Crippen LogP contribution is -1.67. The first-order chi connectivity index (χ1) is 7.68. The van der Waals surface area contributed by atoms with Crippen LogP contribution < -0.4 is 0 Å². The molecule has 2 aromatic carbocycles. The molecule has 0 aliphatic heterocycles. The minimum absolute atomic E-state index is 0.259. The molecule has 1 aromatic heterocycles. The van der Waals surface area contributed by atoms with Gasteiger partial charge in [0.25, 0.3) is 0 Å². The first kappa shape index (κ1) is 6.44. The molecule has 0 aliphatic rings. The average molecular weight is 221 g/mol. The largest absolute Gasteiger partial charge is 0.135 e. The maximum Gasteiger partial charge on any atom is 0.0638 e. The van der Waals surface area contributed by atoms with Crippen LogP contribution in [-0.2, 0) is 0 Å². The Hall–Kier alpha value is -1.05. The fraction of sp³-hybridized carbons (Fsp3) is 0. The molecule has 0 fully saturated rings. The smallest absolute Gasteiger partial charge is 0.0638 e. The van der Waals surface area contributed by atoms with E-state index in [9.17, 15) is 0 Å². The molecule has 0 saturated heterocycles. The van der Waals surface area contributed by atoms with E-state index in [-0.39, 0.29) is 12.1 Å². The Morgan fingerprint density at radius 3 is 3.00 bits per heavy atom. The van der Waals surface area contributed by atoms with Crippen LogP contribution in [0.2, 0.25) is 5.02 Å². The summed E-state index contributed by atoms with van der Waals surface area (Å²) in [6, 6.07) is 9.83. The SMILES string of the molecule is [2H]c1ccc2c(sc3cccc(Cl)c32)c1[2H]. The summed E-state index contributed by atoms with van der Waals surface area (Å²) in [5, 5.41) is 2.69. The molecule has 1 heterocycles. The lowest BCUT2D eigenvalue weighted by molar-refractivity contribution is 1.84. The monoisotopic (exact) mass is 220 g/mol. The van der Waals surface area contributed by atoms with Crippen molar-refractivity contribution in [2.75, 3.05) is 0 Å². The van der Waals surface area contributed by atoms with Crippen LogP contribution in [0.15, 0.2) is 42.4 Å². The zero-order chi connectivity index (χ0) is 11.3. The van der Waals surface area contributed by atoms with Crippen LogP contribution >= 0.6 is 22.9 Å². The first-order valence-corrected chi connectivity index (χ1v) is 5.45. The van der Waals surface area contributed by atoms with E-state index >= 15 is 0 Å². The molecule has 0 nitrogen and oxygen atoms in total. The highest BCUT2D eigenvalue weighted by atomic mass is 35.5. The van der Waals surface area contributed by atoms with Crippen LogP contribution in [0.1, 0.15) is 2.74 Å². The Bertz CT molecular complexity index is 703. The van der Waals surface area contributed by atoms with E-state index in [0.29, 0.717) is 5.02 Å². The van der Waals surface area contributed by atoms with Crippen molar-refractivity contribution < 1.29 is 2.74 Å². The fourth-order valence-corrected chi connectivity index (χ4v) is 3.02. The molecule has 0 amide bonds. The van der Waals surface area contributed by atoms with Crippen molar-refractivity contribution in [2.45, 2.75) is 0 Å². The normalized spacial score (nSPS) is 13.2. The quantitative estimate of drug-likeness (QED) is 0.515. The Balaban J connectivity index is 2.62. The van der Waals surface area contributed by atoms with E-state index in [4.69, 9.17) is 14.3 Å². The second kappa shape index (κ2) is 2.97. The summed E-state index contributed by atoms with van der Waals surface area (Å²) in [7, 11) is 0. The maximum absolute atomic E-state index is 7.87. The summed E-state index contributed by atoms with van der Waals surface area (Å²) in [4.78, 5) is 0. The molecule has 14 heavy (non-hydrogen) atoms. The number of hydrogen-bond donors (Lipinski definition) is 0. The van der Waals surface area contributed by atoms with Crippen LogP contribution in [0, 0.1) is 0 Å². The van der Waals surface area contributed by atoms with Crippen LogP contribution in [0.5, 0.6) is 0 Å². The van der Waals surface area contributed by atoms with E-state index < -0.39 is 0 Å². The Labute approximate surface area is 93.5 Å². The van der Waals surface area contributed by atoms with E-state index in [2.05, 4.69) is 0 Å². The molecule has 3 rings (SSSR count). The predicted octanol–water partition coefficient (Wildman–Crippen LogP) is 4.71. The van der Waals surface area contributed by atoms with Gasteiger partial charge in [0.2, 0.25) is 0 Å². The van der Waals surface area contributed by atoms with E-state index in [1.165, 1.54) is 11.3 Å². The lowest BCUT2D eigenvalue weighted by atomic mass is 10.1. The van der Waals surface area contributed by atoms with Gasteiger partial charge in [-0.3, -0.25) is 0 Å². The summed E-state index contributed by atoms with van der Waals surface area (Å²) in [6.45, 7) is 0. The van der Waals surface area contributed by atoms with Gasteiger partial charge in [-0.1, -0.05) is 35.8 Å². The summed E-state index contributed by atoms with van der Waals surface area (Å²) < 4.78 is 17.4. The molecule has 0 bridgehead atoms. The van der Waals surface area contributed by atoms with Crippen LogP contribution in [-0.4, -0.2) is 0 Å². The standard InChI is InChI=1S/C12H7ClS/c13-9-5-3-7-11-12(9)8-4-1-2-6-10(8)14-11/h1-7H/i2D,6D. The first-order valence-electron chi connectivity index (χ1n) is 5.25. The Morgan fingerprint density at radius 2 is 2.07 bits per heavy atom. The lowest BCUT2D eigenvalue weighted by Gasteiger charge is -1.93. The summed E-state index contributed by atoms with van der Waals surface area (Å²) in [5.41, 5.74) is 0. The topological polar surface area (TPSA) is 0 Å². The number of fused-ring (bicyclic) bond motifs is 3. The highest BCUT2D eigenvalue weighted by Crippen LogP contribution is 2.37. The number of benzene rings is 2. The van der Waals surface area contributed by atoms with Crippen molar-refractivity contribution in [2.24, 2.45) is 0 Å². The molecular formula is C12H7ClS. The van der Waals surface area contributed by atoms with Gasteiger partial charge in [-0.25, -0.2) is 0 Å². The number of hydrogen-bond acceptors (Lipinski definition) is 1. The average Bonchev–Trinajstić information content (AvgIpc) is 2.64. The molecule has 0 spiro atoms. The van der Waals surface area contributed by atoms with Gasteiger partial charge in [-0.15, -0.1) is 11.3 Å². The van der Waals surface area contributed by atoms with Crippen LogP contribution in [0.4, 0.5) is 0 Å². The highest BCUT2D eigenvalue weighted by Gasteiger charge is 2.06.